The minimum Gasteiger partial charge on any atom is -0.352 e. The Labute approximate surface area is 122 Å². The van der Waals surface area contributed by atoms with Gasteiger partial charge in [-0.1, -0.05) is 22.9 Å². The quantitative estimate of drug-likeness (QED) is 0.487. The Bertz CT molecular complexity index is 526. The lowest BCUT2D eigenvalue weighted by molar-refractivity contribution is -0.385. The molecule has 1 unspecified atom stereocenters. The van der Waals surface area contributed by atoms with Gasteiger partial charge in [-0.05, 0) is 18.4 Å². The second-order valence-corrected chi connectivity index (χ2v) is 5.13. The number of alkyl halides is 1. The summed E-state index contributed by atoms with van der Waals surface area (Å²) in [6.07, 6.45) is 0.806. The summed E-state index contributed by atoms with van der Waals surface area (Å²) >= 11 is 3.26. The number of benzene rings is 1. The highest BCUT2D eigenvalue weighted by atomic mass is 79.9. The van der Waals surface area contributed by atoms with E-state index in [0.29, 0.717) is 18.7 Å². The van der Waals surface area contributed by atoms with Crippen molar-refractivity contribution in [3.05, 3.63) is 39.4 Å². The molecule has 1 N–H and O–H groups in total. The van der Waals surface area contributed by atoms with Crippen molar-refractivity contribution in [1.29, 1.82) is 0 Å². The molecule has 0 radical (unpaired) electrons. The van der Waals surface area contributed by atoms with Gasteiger partial charge in [0.25, 0.3) is 11.6 Å². The fourth-order valence-electron chi connectivity index (χ4n) is 1.52. The van der Waals surface area contributed by atoms with E-state index in [2.05, 4.69) is 21.2 Å². The number of nitrogens with zero attached hydrogens (tertiary/aromatic N) is 1. The van der Waals surface area contributed by atoms with E-state index in [-0.39, 0.29) is 5.92 Å². The van der Waals surface area contributed by atoms with Crippen LogP contribution < -0.4 is 5.32 Å². The average Bonchev–Trinajstić information content (AvgIpc) is 2.38. The zero-order valence-corrected chi connectivity index (χ0v) is 12.2. The van der Waals surface area contributed by atoms with Gasteiger partial charge in [-0.2, -0.15) is 0 Å². The first kappa shape index (κ1) is 16.5. The van der Waals surface area contributed by atoms with E-state index in [1.54, 1.807) is 0 Å². The molecular weight excluding hydrogens is 338 g/mol. The first-order valence-electron chi connectivity index (χ1n) is 5.84. The van der Waals surface area contributed by atoms with Crippen molar-refractivity contribution < 1.29 is 18.5 Å². The number of halogens is 3. The van der Waals surface area contributed by atoms with Crippen LogP contribution in [-0.4, -0.2) is 22.7 Å². The van der Waals surface area contributed by atoms with Crippen LogP contribution in [-0.2, 0) is 0 Å². The molecule has 5 nitrogen and oxygen atoms in total. The molecule has 0 heterocycles. The van der Waals surface area contributed by atoms with Gasteiger partial charge in [-0.3, -0.25) is 14.9 Å². The van der Waals surface area contributed by atoms with E-state index in [1.807, 2.05) is 6.92 Å². The van der Waals surface area contributed by atoms with Crippen LogP contribution in [0, 0.1) is 27.7 Å². The topological polar surface area (TPSA) is 72.2 Å². The number of hydrogen-bond donors (Lipinski definition) is 1. The van der Waals surface area contributed by atoms with Crippen LogP contribution in [0.25, 0.3) is 0 Å². The van der Waals surface area contributed by atoms with Crippen molar-refractivity contribution in [2.45, 2.75) is 13.3 Å². The molecule has 1 aromatic rings. The molecule has 0 aliphatic carbocycles. The molecule has 0 bridgehead atoms. The van der Waals surface area contributed by atoms with E-state index in [1.165, 1.54) is 0 Å². The van der Waals surface area contributed by atoms with Gasteiger partial charge in [-0.25, -0.2) is 8.78 Å². The maximum atomic E-state index is 13.1. The average molecular weight is 351 g/mol. The standard InChI is InChI=1S/C12H13BrF2N2O3/c1-7(2-3-13)6-16-12(18)8-4-9(14)10(15)5-11(8)17(19)20/h4-5,7H,2-3,6H2,1H3,(H,16,18). The summed E-state index contributed by atoms with van der Waals surface area (Å²) in [5, 5.41) is 14.0. The Morgan fingerprint density at radius 1 is 1.45 bits per heavy atom. The summed E-state index contributed by atoms with van der Waals surface area (Å²) in [6, 6.07) is 0.949. The second kappa shape index (κ2) is 7.28. The largest absolute Gasteiger partial charge is 0.352 e. The van der Waals surface area contributed by atoms with Crippen molar-refractivity contribution >= 4 is 27.5 Å². The maximum absolute atomic E-state index is 13.1. The van der Waals surface area contributed by atoms with Gasteiger partial charge in [0.15, 0.2) is 11.6 Å². The predicted octanol–water partition coefficient (Wildman–Crippen LogP) is 3.02. The number of hydrogen-bond acceptors (Lipinski definition) is 3. The second-order valence-electron chi connectivity index (χ2n) is 4.33. The van der Waals surface area contributed by atoms with Crippen LogP contribution in [0.4, 0.5) is 14.5 Å². The zero-order chi connectivity index (χ0) is 15.3. The van der Waals surface area contributed by atoms with Gasteiger partial charge in [0, 0.05) is 11.9 Å². The van der Waals surface area contributed by atoms with Crippen LogP contribution >= 0.6 is 15.9 Å². The number of nitro benzene ring substituents is 1. The smallest absolute Gasteiger partial charge is 0.285 e. The first-order valence-corrected chi connectivity index (χ1v) is 6.96. The number of rotatable bonds is 6. The highest BCUT2D eigenvalue weighted by molar-refractivity contribution is 9.09. The lowest BCUT2D eigenvalue weighted by Gasteiger charge is -2.11. The van der Waals surface area contributed by atoms with Gasteiger partial charge < -0.3 is 5.32 Å². The van der Waals surface area contributed by atoms with Crippen LogP contribution in [0.1, 0.15) is 23.7 Å². The molecule has 0 saturated heterocycles. The molecular formula is C12H13BrF2N2O3. The van der Waals surface area contributed by atoms with Crippen LogP contribution in [0.15, 0.2) is 12.1 Å². The molecule has 1 amide bonds. The molecule has 0 fully saturated rings. The molecule has 0 aromatic heterocycles. The molecule has 110 valence electrons. The summed E-state index contributed by atoms with van der Waals surface area (Å²) in [6.45, 7) is 2.18. The third-order valence-electron chi connectivity index (χ3n) is 2.69. The minimum atomic E-state index is -1.36. The fraction of sp³-hybridized carbons (Fsp3) is 0.417. The van der Waals surface area contributed by atoms with Gasteiger partial charge in [-0.15, -0.1) is 0 Å². The van der Waals surface area contributed by atoms with Gasteiger partial charge >= 0.3 is 0 Å². The number of amides is 1. The highest BCUT2D eigenvalue weighted by Crippen LogP contribution is 2.22. The van der Waals surface area contributed by atoms with Crippen molar-refractivity contribution in [3.8, 4) is 0 Å². The van der Waals surface area contributed by atoms with Crippen LogP contribution in [0.5, 0.6) is 0 Å². The number of nitrogens with one attached hydrogen (secondary N) is 1. The summed E-state index contributed by atoms with van der Waals surface area (Å²) < 4.78 is 26.1. The number of nitro groups is 1. The SMILES string of the molecule is CC(CCBr)CNC(=O)c1cc(F)c(F)cc1[N+](=O)[O-]. The normalized spacial score (nSPS) is 12.0. The molecule has 0 aliphatic heterocycles. The lowest BCUT2D eigenvalue weighted by atomic mass is 10.1. The van der Waals surface area contributed by atoms with Crippen molar-refractivity contribution in [2.24, 2.45) is 5.92 Å². The van der Waals surface area contributed by atoms with E-state index in [9.17, 15) is 23.7 Å². The molecule has 8 heteroatoms. The van der Waals surface area contributed by atoms with Crippen molar-refractivity contribution in [1.82, 2.24) is 5.32 Å². The monoisotopic (exact) mass is 350 g/mol. The molecule has 0 spiro atoms. The van der Waals surface area contributed by atoms with E-state index < -0.39 is 33.7 Å². The fourth-order valence-corrected chi connectivity index (χ4v) is 2.30. The van der Waals surface area contributed by atoms with E-state index in [4.69, 9.17) is 0 Å². The Morgan fingerprint density at radius 3 is 2.60 bits per heavy atom. The molecule has 1 rings (SSSR count). The molecule has 1 aromatic carbocycles. The van der Waals surface area contributed by atoms with Gasteiger partial charge in [0.2, 0.25) is 0 Å². The minimum absolute atomic E-state index is 0.155. The summed E-state index contributed by atoms with van der Waals surface area (Å²) in [5.41, 5.74) is -1.24. The van der Waals surface area contributed by atoms with Gasteiger partial charge in [0.05, 0.1) is 11.0 Å². The predicted molar refractivity (Wildman–Crippen MR) is 72.9 cm³/mol. The zero-order valence-electron chi connectivity index (χ0n) is 10.7. The van der Waals surface area contributed by atoms with E-state index in [0.717, 1.165) is 11.8 Å². The lowest BCUT2D eigenvalue weighted by Crippen LogP contribution is -2.29. The van der Waals surface area contributed by atoms with Crippen molar-refractivity contribution in [3.63, 3.8) is 0 Å². The van der Waals surface area contributed by atoms with Crippen LogP contribution in [0.2, 0.25) is 0 Å². The number of carbonyl (C=O) groups is 1. The maximum Gasteiger partial charge on any atom is 0.285 e. The van der Waals surface area contributed by atoms with Crippen LogP contribution in [0.3, 0.4) is 0 Å². The summed E-state index contributed by atoms with van der Waals surface area (Å²) in [4.78, 5) is 21.7. The highest BCUT2D eigenvalue weighted by Gasteiger charge is 2.23. The Hall–Kier alpha value is -1.57. The first-order chi connectivity index (χ1) is 9.36. The molecule has 0 saturated carbocycles. The van der Waals surface area contributed by atoms with E-state index >= 15 is 0 Å². The van der Waals surface area contributed by atoms with Gasteiger partial charge in [0.1, 0.15) is 5.56 Å². The summed E-state index contributed by atoms with van der Waals surface area (Å²) in [7, 11) is 0. The third-order valence-corrected chi connectivity index (χ3v) is 3.15. The number of carbonyl (C=O) groups excluding carboxylic acids is 1. The Morgan fingerprint density at radius 2 is 2.05 bits per heavy atom. The Balaban J connectivity index is 2.92. The molecule has 20 heavy (non-hydrogen) atoms. The Kier molecular flexibility index (Phi) is 6.00. The third kappa shape index (κ3) is 4.22. The van der Waals surface area contributed by atoms with Crippen molar-refractivity contribution in [2.75, 3.05) is 11.9 Å². The summed E-state index contributed by atoms with van der Waals surface area (Å²) in [5.74, 6) is -3.30. The molecule has 1 atom stereocenters. The molecule has 0 aliphatic rings.